The predicted octanol–water partition coefficient (Wildman–Crippen LogP) is 6.36. The van der Waals surface area contributed by atoms with E-state index in [-0.39, 0.29) is 5.41 Å². The van der Waals surface area contributed by atoms with Crippen LogP contribution in [-0.2, 0) is 11.8 Å². The van der Waals surface area contributed by atoms with Crippen molar-refractivity contribution < 1.29 is 9.90 Å². The molecule has 0 saturated carbocycles. The molecule has 0 bridgehead atoms. The number of carboxylic acids is 1. The van der Waals surface area contributed by atoms with Crippen LogP contribution in [0, 0.1) is 6.92 Å². The summed E-state index contributed by atoms with van der Waals surface area (Å²) >= 11 is 0. The molecule has 0 amide bonds. The van der Waals surface area contributed by atoms with E-state index in [0.29, 0.717) is 5.56 Å². The minimum absolute atomic E-state index is 0.118. The largest absolute Gasteiger partial charge is 0.478 e. The summed E-state index contributed by atoms with van der Waals surface area (Å²) in [6.45, 7) is 6.77. The number of fused-ring (bicyclic) bond motifs is 3. The third-order valence-electron chi connectivity index (χ3n) is 5.59. The third kappa shape index (κ3) is 3.38. The first kappa shape index (κ1) is 18.2. The highest BCUT2D eigenvalue weighted by Crippen LogP contribution is 2.43. The molecular weight excluding hydrogens is 344 g/mol. The van der Waals surface area contributed by atoms with Gasteiger partial charge in [0.1, 0.15) is 0 Å². The number of carboxylic acid groups (broad SMARTS) is 1. The first-order chi connectivity index (χ1) is 13.3. The van der Waals surface area contributed by atoms with E-state index in [9.17, 15) is 4.79 Å². The first-order valence-corrected chi connectivity index (χ1v) is 9.59. The van der Waals surface area contributed by atoms with E-state index in [1.165, 1.54) is 27.8 Å². The molecule has 0 unspecified atom stereocenters. The van der Waals surface area contributed by atoms with E-state index in [0.717, 1.165) is 17.5 Å². The Balaban J connectivity index is 1.72. The Kier molecular flexibility index (Phi) is 4.43. The molecule has 0 heterocycles. The van der Waals surface area contributed by atoms with Crippen LogP contribution in [0.5, 0.6) is 0 Å². The van der Waals surface area contributed by atoms with Crippen molar-refractivity contribution in [3.05, 3.63) is 94.0 Å². The van der Waals surface area contributed by atoms with E-state index in [4.69, 9.17) is 5.11 Å². The fourth-order valence-corrected chi connectivity index (χ4v) is 4.07. The van der Waals surface area contributed by atoms with Crippen molar-refractivity contribution in [3.63, 3.8) is 0 Å². The molecule has 0 fully saturated rings. The Morgan fingerprint density at radius 1 is 0.893 bits per heavy atom. The average Bonchev–Trinajstić information content (AvgIpc) is 2.67. The van der Waals surface area contributed by atoms with Gasteiger partial charge in [-0.15, -0.1) is 0 Å². The van der Waals surface area contributed by atoms with Gasteiger partial charge in [-0.3, -0.25) is 0 Å². The number of aromatic carboxylic acids is 1. The maximum atomic E-state index is 11.0. The van der Waals surface area contributed by atoms with Crippen molar-refractivity contribution in [2.24, 2.45) is 0 Å². The molecule has 0 saturated heterocycles. The van der Waals surface area contributed by atoms with E-state index < -0.39 is 5.97 Å². The predicted molar refractivity (Wildman–Crippen MR) is 116 cm³/mol. The minimum atomic E-state index is -0.901. The molecule has 140 valence electrons. The van der Waals surface area contributed by atoms with Crippen LogP contribution in [-0.4, -0.2) is 11.1 Å². The number of hydrogen-bond donors (Lipinski definition) is 1. The molecule has 4 rings (SSSR count). The quantitative estimate of drug-likeness (QED) is 0.546. The standard InChI is InChI=1S/C26H24O2/c1-17-4-10-21-16-26(2,3)24-13-9-19(15-23(24)22(21)14-17)6-5-18-7-11-20(12-8-18)25(27)28/h4-15H,16H2,1-3H3,(H,27,28)/b6-5+. The van der Waals surface area contributed by atoms with Gasteiger partial charge in [0.2, 0.25) is 0 Å². The molecule has 1 aliphatic carbocycles. The summed E-state index contributed by atoms with van der Waals surface area (Å²) in [6.07, 6.45) is 5.17. The number of rotatable bonds is 3. The van der Waals surface area contributed by atoms with Gasteiger partial charge in [0, 0.05) is 0 Å². The van der Waals surface area contributed by atoms with Gasteiger partial charge in [-0.25, -0.2) is 4.79 Å². The Bertz CT molecular complexity index is 1090. The van der Waals surface area contributed by atoms with E-state index >= 15 is 0 Å². The number of benzene rings is 3. The molecule has 3 aromatic carbocycles. The lowest BCUT2D eigenvalue weighted by atomic mass is 9.69. The van der Waals surface area contributed by atoms with Crippen molar-refractivity contribution >= 4 is 18.1 Å². The molecule has 0 spiro atoms. The zero-order chi connectivity index (χ0) is 19.9. The molecule has 2 heteroatoms. The fourth-order valence-electron chi connectivity index (χ4n) is 4.07. The molecule has 3 aromatic rings. The number of aryl methyl sites for hydroxylation is 1. The van der Waals surface area contributed by atoms with E-state index in [1.54, 1.807) is 12.1 Å². The summed E-state index contributed by atoms with van der Waals surface area (Å²) in [7, 11) is 0. The number of carbonyl (C=O) groups is 1. The zero-order valence-electron chi connectivity index (χ0n) is 16.5. The second kappa shape index (κ2) is 6.79. The lowest BCUT2D eigenvalue weighted by molar-refractivity contribution is 0.0697. The molecule has 0 atom stereocenters. The van der Waals surface area contributed by atoms with E-state index in [1.807, 2.05) is 18.2 Å². The Morgan fingerprint density at radius 2 is 1.57 bits per heavy atom. The SMILES string of the molecule is Cc1ccc2c(c1)-c1cc(/C=C/c3ccc(C(=O)O)cc3)ccc1C(C)(C)C2. The zero-order valence-corrected chi connectivity index (χ0v) is 16.5. The first-order valence-electron chi connectivity index (χ1n) is 9.59. The monoisotopic (exact) mass is 368 g/mol. The maximum Gasteiger partial charge on any atom is 0.335 e. The van der Waals surface area contributed by atoms with Crippen molar-refractivity contribution in [1.82, 2.24) is 0 Å². The third-order valence-corrected chi connectivity index (χ3v) is 5.59. The van der Waals surface area contributed by atoms with Gasteiger partial charge in [-0.05, 0) is 70.3 Å². The molecule has 0 aliphatic heterocycles. The average molecular weight is 368 g/mol. The summed E-state index contributed by atoms with van der Waals surface area (Å²) in [5.41, 5.74) is 9.30. The van der Waals surface area contributed by atoms with Crippen molar-refractivity contribution in [2.45, 2.75) is 32.6 Å². The molecular formula is C26H24O2. The van der Waals surface area contributed by atoms with Crippen LogP contribution < -0.4 is 0 Å². The summed E-state index contributed by atoms with van der Waals surface area (Å²) in [6, 6.07) is 20.4. The maximum absolute atomic E-state index is 11.0. The second-order valence-corrected chi connectivity index (χ2v) is 8.29. The van der Waals surface area contributed by atoms with Gasteiger partial charge < -0.3 is 5.11 Å². The Labute approximate surface area is 166 Å². The van der Waals surface area contributed by atoms with Crippen LogP contribution in [0.25, 0.3) is 23.3 Å². The second-order valence-electron chi connectivity index (χ2n) is 8.29. The van der Waals surface area contributed by atoms with Crippen molar-refractivity contribution in [3.8, 4) is 11.1 Å². The van der Waals surface area contributed by atoms with Crippen LogP contribution in [0.15, 0.2) is 60.7 Å². The molecule has 1 aliphatic rings. The van der Waals surface area contributed by atoms with Crippen molar-refractivity contribution in [2.75, 3.05) is 0 Å². The normalized spacial score (nSPS) is 14.5. The molecule has 2 nitrogen and oxygen atoms in total. The Hall–Kier alpha value is -3.13. The van der Waals surface area contributed by atoms with Crippen LogP contribution in [0.3, 0.4) is 0 Å². The highest BCUT2D eigenvalue weighted by atomic mass is 16.4. The molecule has 0 radical (unpaired) electrons. The lowest BCUT2D eigenvalue weighted by Gasteiger charge is -2.34. The summed E-state index contributed by atoms with van der Waals surface area (Å²) in [5, 5.41) is 9.02. The van der Waals surface area contributed by atoms with Gasteiger partial charge in [0.05, 0.1) is 5.56 Å². The van der Waals surface area contributed by atoms with Crippen LogP contribution >= 0.6 is 0 Å². The van der Waals surface area contributed by atoms with Crippen LogP contribution in [0.1, 0.15) is 52.0 Å². The van der Waals surface area contributed by atoms with E-state index in [2.05, 4.69) is 63.2 Å². The molecule has 0 aromatic heterocycles. The van der Waals surface area contributed by atoms with Gasteiger partial charge in [-0.1, -0.05) is 74.0 Å². The van der Waals surface area contributed by atoms with Crippen LogP contribution in [0.2, 0.25) is 0 Å². The lowest BCUT2D eigenvalue weighted by Crippen LogP contribution is -2.25. The van der Waals surface area contributed by atoms with Gasteiger partial charge in [0.15, 0.2) is 0 Å². The van der Waals surface area contributed by atoms with Gasteiger partial charge >= 0.3 is 5.97 Å². The van der Waals surface area contributed by atoms with Crippen LogP contribution in [0.4, 0.5) is 0 Å². The molecule has 1 N–H and O–H groups in total. The highest BCUT2D eigenvalue weighted by molar-refractivity contribution is 5.88. The minimum Gasteiger partial charge on any atom is -0.478 e. The number of hydrogen-bond acceptors (Lipinski definition) is 1. The summed E-state index contributed by atoms with van der Waals surface area (Å²) < 4.78 is 0. The highest BCUT2D eigenvalue weighted by Gasteiger charge is 2.30. The summed E-state index contributed by atoms with van der Waals surface area (Å²) in [5.74, 6) is -0.901. The smallest absolute Gasteiger partial charge is 0.335 e. The fraction of sp³-hybridized carbons (Fsp3) is 0.192. The van der Waals surface area contributed by atoms with Gasteiger partial charge in [-0.2, -0.15) is 0 Å². The van der Waals surface area contributed by atoms with Crippen molar-refractivity contribution in [1.29, 1.82) is 0 Å². The Morgan fingerprint density at radius 3 is 2.29 bits per heavy atom. The topological polar surface area (TPSA) is 37.3 Å². The van der Waals surface area contributed by atoms with Gasteiger partial charge in [0.25, 0.3) is 0 Å². The summed E-state index contributed by atoms with van der Waals surface area (Å²) in [4.78, 5) is 11.0. The molecule has 28 heavy (non-hydrogen) atoms.